The van der Waals surface area contributed by atoms with Crippen molar-refractivity contribution < 1.29 is 26.7 Å². The summed E-state index contributed by atoms with van der Waals surface area (Å²) < 4.78 is 65.4. The summed E-state index contributed by atoms with van der Waals surface area (Å²) in [6.45, 7) is 1.68. The molecule has 5 atom stereocenters. The van der Waals surface area contributed by atoms with Crippen molar-refractivity contribution in [2.75, 3.05) is 14.1 Å². The van der Waals surface area contributed by atoms with E-state index in [-0.39, 0.29) is 0 Å². The Labute approximate surface area is 159 Å². The van der Waals surface area contributed by atoms with Crippen LogP contribution < -0.4 is 16.1 Å². The minimum atomic E-state index is -4.46. The second-order valence-corrected chi connectivity index (χ2v) is 7.20. The number of hydrogen-bond acceptors (Lipinski definition) is 5. The highest BCUT2D eigenvalue weighted by atomic mass is 19.4. The highest BCUT2D eigenvalue weighted by Gasteiger charge is 2.54. The Hall–Kier alpha value is -1.82. The highest BCUT2D eigenvalue weighted by Crippen LogP contribution is 2.35. The average molecular weight is 407 g/mol. The molecule has 3 rings (SSSR count). The predicted octanol–water partition coefficient (Wildman–Crippen LogP) is 1.73. The Bertz CT molecular complexity index is 711. The SMILES string of the molecule is C[C@@H](c1ccc(C(F)(F)F)cc1)N1NC(C(F)F)C2C(=O)NC(N(C)C)NC21. The maximum Gasteiger partial charge on any atom is 0.416 e. The molecule has 156 valence electrons. The van der Waals surface area contributed by atoms with Crippen molar-refractivity contribution in [3.05, 3.63) is 35.4 Å². The van der Waals surface area contributed by atoms with E-state index in [1.54, 1.807) is 25.9 Å². The van der Waals surface area contributed by atoms with Gasteiger partial charge in [-0.2, -0.15) is 13.2 Å². The Morgan fingerprint density at radius 1 is 1.14 bits per heavy atom. The topological polar surface area (TPSA) is 59.6 Å². The zero-order chi connectivity index (χ0) is 20.8. The lowest BCUT2D eigenvalue weighted by molar-refractivity contribution is -0.137. The number of rotatable bonds is 4. The van der Waals surface area contributed by atoms with Crippen LogP contribution in [0.1, 0.15) is 24.1 Å². The van der Waals surface area contributed by atoms with Crippen molar-refractivity contribution in [1.29, 1.82) is 0 Å². The summed E-state index contributed by atoms with van der Waals surface area (Å²) in [6.07, 6.45) is -8.56. The van der Waals surface area contributed by atoms with Gasteiger partial charge in [0.05, 0.1) is 23.7 Å². The van der Waals surface area contributed by atoms with Gasteiger partial charge in [-0.3, -0.25) is 15.0 Å². The van der Waals surface area contributed by atoms with Gasteiger partial charge in [-0.25, -0.2) is 19.2 Å². The van der Waals surface area contributed by atoms with Crippen molar-refractivity contribution in [2.45, 2.75) is 44.1 Å². The third-order valence-electron chi connectivity index (χ3n) is 5.16. The van der Waals surface area contributed by atoms with Gasteiger partial charge in [-0.15, -0.1) is 0 Å². The number of fused-ring (bicyclic) bond motifs is 1. The molecule has 0 radical (unpaired) electrons. The first-order valence-corrected chi connectivity index (χ1v) is 8.73. The first kappa shape index (κ1) is 20.9. The maximum absolute atomic E-state index is 13.5. The van der Waals surface area contributed by atoms with Crippen LogP contribution in [-0.4, -0.2) is 54.8 Å². The number of carbonyl (C=O) groups excluding carboxylic acids is 1. The molecule has 2 aliphatic heterocycles. The molecule has 0 bridgehead atoms. The molecular weight excluding hydrogens is 385 g/mol. The summed E-state index contributed by atoms with van der Waals surface area (Å²) >= 11 is 0. The Morgan fingerprint density at radius 3 is 2.25 bits per heavy atom. The fourth-order valence-electron chi connectivity index (χ4n) is 3.58. The molecule has 3 N–H and O–H groups in total. The summed E-state index contributed by atoms with van der Waals surface area (Å²) in [6, 6.07) is 2.57. The van der Waals surface area contributed by atoms with Crippen LogP contribution in [0.5, 0.6) is 0 Å². The second-order valence-electron chi connectivity index (χ2n) is 7.20. The summed E-state index contributed by atoms with van der Waals surface area (Å²) in [4.78, 5) is 14.1. The molecule has 2 heterocycles. The lowest BCUT2D eigenvalue weighted by Crippen LogP contribution is -2.68. The zero-order valence-electron chi connectivity index (χ0n) is 15.5. The van der Waals surface area contributed by atoms with E-state index >= 15 is 0 Å². The molecule has 1 amide bonds. The van der Waals surface area contributed by atoms with Crippen LogP contribution in [0.15, 0.2) is 24.3 Å². The number of nitrogens with zero attached hydrogens (tertiary/aromatic N) is 2. The van der Waals surface area contributed by atoms with Crippen LogP contribution in [0.4, 0.5) is 22.0 Å². The predicted molar refractivity (Wildman–Crippen MR) is 90.7 cm³/mol. The molecule has 1 aromatic rings. The molecule has 28 heavy (non-hydrogen) atoms. The molecule has 1 aromatic carbocycles. The minimum absolute atomic E-state index is 0.503. The van der Waals surface area contributed by atoms with Crippen molar-refractivity contribution >= 4 is 5.91 Å². The van der Waals surface area contributed by atoms with Gasteiger partial charge < -0.3 is 5.32 Å². The number of halogens is 5. The third-order valence-corrected chi connectivity index (χ3v) is 5.16. The van der Waals surface area contributed by atoms with Gasteiger partial charge in [0, 0.05) is 6.04 Å². The van der Waals surface area contributed by atoms with Crippen LogP contribution >= 0.6 is 0 Å². The number of nitrogens with one attached hydrogen (secondary N) is 3. The summed E-state index contributed by atoms with van der Waals surface area (Å²) in [5, 5.41) is 7.24. The number of hydrazine groups is 1. The molecule has 4 unspecified atom stereocenters. The van der Waals surface area contributed by atoms with E-state index in [4.69, 9.17) is 0 Å². The number of benzene rings is 1. The zero-order valence-corrected chi connectivity index (χ0v) is 15.5. The standard InChI is InChI=1S/C17H22F5N5O/c1-8(9-4-6-10(7-5-9)17(20,21)22)27-14-11(12(25-27)13(18)19)15(28)24-16(23-14)26(2)3/h4-8,11-14,16,23,25H,1-3H3,(H,24,28)/t8-,11?,12?,14?,16?/m0/s1. The van der Waals surface area contributed by atoms with Gasteiger partial charge in [-0.05, 0) is 38.7 Å². The van der Waals surface area contributed by atoms with E-state index in [0.29, 0.717) is 5.56 Å². The minimum Gasteiger partial charge on any atom is -0.327 e. The van der Waals surface area contributed by atoms with Crippen LogP contribution in [-0.2, 0) is 11.0 Å². The quantitative estimate of drug-likeness (QED) is 0.664. The Balaban J connectivity index is 1.88. The van der Waals surface area contributed by atoms with E-state index in [9.17, 15) is 26.7 Å². The van der Waals surface area contributed by atoms with Crippen LogP contribution in [0, 0.1) is 5.92 Å². The van der Waals surface area contributed by atoms with Crippen LogP contribution in [0.2, 0.25) is 0 Å². The Kier molecular flexibility index (Phi) is 5.63. The number of amides is 1. The van der Waals surface area contributed by atoms with Crippen molar-refractivity contribution in [1.82, 2.24) is 26.0 Å². The summed E-state index contributed by atoms with van der Waals surface area (Å²) in [7, 11) is 3.43. The average Bonchev–Trinajstić information content (AvgIpc) is 3.01. The van der Waals surface area contributed by atoms with Crippen molar-refractivity contribution in [3.63, 3.8) is 0 Å². The van der Waals surface area contributed by atoms with Crippen molar-refractivity contribution in [2.24, 2.45) is 5.92 Å². The van der Waals surface area contributed by atoms with Gasteiger partial charge in [-0.1, -0.05) is 12.1 Å². The number of alkyl halides is 5. The smallest absolute Gasteiger partial charge is 0.327 e. The first-order chi connectivity index (χ1) is 13.0. The van der Waals surface area contributed by atoms with E-state index in [1.807, 2.05) is 0 Å². The normalized spacial score (nSPS) is 29.9. The fourth-order valence-corrected chi connectivity index (χ4v) is 3.58. The molecule has 0 saturated carbocycles. The molecular formula is C17H22F5N5O. The monoisotopic (exact) mass is 407 g/mol. The first-order valence-electron chi connectivity index (χ1n) is 8.73. The maximum atomic E-state index is 13.5. The van der Waals surface area contributed by atoms with Gasteiger partial charge >= 0.3 is 6.18 Å². The van der Waals surface area contributed by atoms with E-state index in [2.05, 4.69) is 16.1 Å². The highest BCUT2D eigenvalue weighted by molar-refractivity contribution is 5.81. The van der Waals surface area contributed by atoms with E-state index < -0.39 is 54.5 Å². The van der Waals surface area contributed by atoms with E-state index in [0.717, 1.165) is 12.1 Å². The molecule has 6 nitrogen and oxygen atoms in total. The molecule has 2 fully saturated rings. The lowest BCUT2D eigenvalue weighted by Gasteiger charge is -2.41. The molecule has 11 heteroatoms. The molecule has 2 aliphatic rings. The van der Waals surface area contributed by atoms with E-state index in [1.165, 1.54) is 17.1 Å². The van der Waals surface area contributed by atoms with Gasteiger partial charge in [0.15, 0.2) is 0 Å². The van der Waals surface area contributed by atoms with Gasteiger partial charge in [0.25, 0.3) is 6.43 Å². The second kappa shape index (κ2) is 7.54. The molecule has 0 aromatic heterocycles. The molecule has 0 spiro atoms. The fraction of sp³-hybridized carbons (Fsp3) is 0.588. The number of hydrogen-bond donors (Lipinski definition) is 3. The molecule has 0 aliphatic carbocycles. The summed E-state index contributed by atoms with van der Waals surface area (Å²) in [5.74, 6) is -1.56. The number of carbonyl (C=O) groups is 1. The lowest BCUT2D eigenvalue weighted by atomic mass is 9.95. The Morgan fingerprint density at radius 2 is 1.75 bits per heavy atom. The van der Waals surface area contributed by atoms with Crippen molar-refractivity contribution in [3.8, 4) is 0 Å². The van der Waals surface area contributed by atoms with Crippen LogP contribution in [0.3, 0.4) is 0 Å². The summed E-state index contributed by atoms with van der Waals surface area (Å²) in [5.41, 5.74) is 2.40. The molecule has 2 saturated heterocycles. The van der Waals surface area contributed by atoms with Crippen LogP contribution in [0.25, 0.3) is 0 Å². The van der Waals surface area contributed by atoms with Gasteiger partial charge in [0.2, 0.25) is 5.91 Å². The largest absolute Gasteiger partial charge is 0.416 e. The van der Waals surface area contributed by atoms with Gasteiger partial charge in [0.1, 0.15) is 6.29 Å². The third kappa shape index (κ3) is 3.84.